The fourth-order valence-corrected chi connectivity index (χ4v) is 3.07. The smallest absolute Gasteiger partial charge is 0.189 e. The molecule has 4 nitrogen and oxygen atoms in total. The van der Waals surface area contributed by atoms with Crippen LogP contribution >= 0.6 is 35.3 Å². The first kappa shape index (κ1) is 17.8. The van der Waals surface area contributed by atoms with Gasteiger partial charge in [0.15, 0.2) is 5.96 Å². The molecule has 0 amide bonds. The number of hydrogen-bond donors (Lipinski definition) is 2. The summed E-state index contributed by atoms with van der Waals surface area (Å²) in [5.41, 5.74) is 7.93. The minimum absolute atomic E-state index is 0. The second-order valence-electron chi connectivity index (χ2n) is 5.10. The van der Waals surface area contributed by atoms with E-state index in [-0.39, 0.29) is 24.0 Å². The van der Waals surface area contributed by atoms with Crippen molar-refractivity contribution in [1.82, 2.24) is 5.32 Å². The summed E-state index contributed by atoms with van der Waals surface area (Å²) in [7, 11) is 0. The molecule has 6 heteroatoms. The summed E-state index contributed by atoms with van der Waals surface area (Å²) in [6.07, 6.45) is 0.956. The Morgan fingerprint density at radius 1 is 1.26 bits per heavy atom. The molecule has 0 saturated heterocycles. The van der Waals surface area contributed by atoms with Gasteiger partial charge in [-0.3, -0.25) is 0 Å². The van der Waals surface area contributed by atoms with Crippen molar-refractivity contribution in [3.8, 4) is 0 Å². The van der Waals surface area contributed by atoms with E-state index in [1.165, 1.54) is 4.88 Å². The zero-order valence-electron chi connectivity index (χ0n) is 12.9. The monoisotopic (exact) mass is 441 g/mol. The van der Waals surface area contributed by atoms with Gasteiger partial charge in [-0.2, -0.15) is 0 Å². The predicted octanol–water partition coefficient (Wildman–Crippen LogP) is 4.07. The van der Waals surface area contributed by atoms with Crippen LogP contribution in [0.2, 0.25) is 0 Å². The third-order valence-corrected chi connectivity index (χ3v) is 4.53. The summed E-state index contributed by atoms with van der Waals surface area (Å²) in [5, 5.41) is 6.35. The first-order valence-corrected chi connectivity index (χ1v) is 8.15. The Hall–Kier alpha value is -1.54. The number of para-hydroxylation sites is 1. The van der Waals surface area contributed by atoms with Gasteiger partial charge in [0, 0.05) is 22.4 Å². The van der Waals surface area contributed by atoms with E-state index in [0.717, 1.165) is 35.3 Å². The van der Waals surface area contributed by atoms with Crippen molar-refractivity contribution in [3.63, 3.8) is 0 Å². The quantitative estimate of drug-likeness (QED) is 0.357. The van der Waals surface area contributed by atoms with Gasteiger partial charge in [-0.1, -0.05) is 24.3 Å². The number of guanidine groups is 1. The highest BCUT2D eigenvalue weighted by Crippen LogP contribution is 2.25. The number of furan rings is 1. The highest BCUT2D eigenvalue weighted by atomic mass is 127. The summed E-state index contributed by atoms with van der Waals surface area (Å²) in [6.45, 7) is 3.30. The third kappa shape index (κ3) is 4.48. The molecule has 3 aromatic rings. The normalized spacial score (nSPS) is 11.4. The largest absolute Gasteiger partial charge is 0.459 e. The number of thiophene rings is 1. The average molecular weight is 441 g/mol. The maximum atomic E-state index is 5.91. The SMILES string of the molecule is Cc1c(CN=C(N)NCCc2cccs2)oc2ccccc12.I. The fraction of sp³-hybridized carbons (Fsp3) is 0.235. The van der Waals surface area contributed by atoms with Crippen molar-refractivity contribution in [1.29, 1.82) is 0 Å². The molecular formula is C17H20IN3OS. The van der Waals surface area contributed by atoms with Crippen molar-refractivity contribution in [2.24, 2.45) is 10.7 Å². The van der Waals surface area contributed by atoms with E-state index in [1.807, 2.05) is 18.2 Å². The number of hydrogen-bond acceptors (Lipinski definition) is 3. The second-order valence-corrected chi connectivity index (χ2v) is 6.14. The molecule has 0 aliphatic rings. The molecular weight excluding hydrogens is 421 g/mol. The lowest BCUT2D eigenvalue weighted by Gasteiger charge is -2.04. The van der Waals surface area contributed by atoms with Crippen LogP contribution in [0.4, 0.5) is 0 Å². The molecule has 23 heavy (non-hydrogen) atoms. The van der Waals surface area contributed by atoms with Crippen LogP contribution in [0.3, 0.4) is 0 Å². The molecule has 0 saturated carbocycles. The number of rotatable bonds is 5. The minimum atomic E-state index is 0. The first-order valence-electron chi connectivity index (χ1n) is 7.27. The maximum Gasteiger partial charge on any atom is 0.189 e. The Balaban J connectivity index is 0.00000192. The van der Waals surface area contributed by atoms with Gasteiger partial charge >= 0.3 is 0 Å². The average Bonchev–Trinajstić information content (AvgIpc) is 3.14. The van der Waals surface area contributed by atoms with Gasteiger partial charge in [0.1, 0.15) is 17.9 Å². The molecule has 0 unspecified atom stereocenters. The van der Waals surface area contributed by atoms with Crippen molar-refractivity contribution < 1.29 is 4.42 Å². The zero-order chi connectivity index (χ0) is 15.4. The third-order valence-electron chi connectivity index (χ3n) is 3.59. The standard InChI is InChI=1S/C17H19N3OS.HI/c1-12-14-6-2-3-7-15(14)21-16(12)11-20-17(18)19-9-8-13-5-4-10-22-13;/h2-7,10H,8-9,11H2,1H3,(H3,18,19,20);1H. The summed E-state index contributed by atoms with van der Waals surface area (Å²) < 4.78 is 5.82. The van der Waals surface area contributed by atoms with Gasteiger partial charge in [-0.15, -0.1) is 35.3 Å². The molecule has 0 radical (unpaired) electrons. The Labute approximate surface area is 156 Å². The van der Waals surface area contributed by atoms with Crippen molar-refractivity contribution in [2.45, 2.75) is 19.9 Å². The molecule has 0 aliphatic heterocycles. The number of nitrogens with two attached hydrogens (primary N) is 1. The number of fused-ring (bicyclic) bond motifs is 1. The molecule has 0 atom stereocenters. The lowest BCUT2D eigenvalue weighted by Crippen LogP contribution is -2.33. The first-order chi connectivity index (χ1) is 10.7. The lowest BCUT2D eigenvalue weighted by molar-refractivity contribution is 0.548. The van der Waals surface area contributed by atoms with Crippen LogP contribution in [-0.2, 0) is 13.0 Å². The highest BCUT2D eigenvalue weighted by Gasteiger charge is 2.09. The van der Waals surface area contributed by atoms with Crippen molar-refractivity contribution in [3.05, 3.63) is 58.0 Å². The molecule has 3 N–H and O–H groups in total. The summed E-state index contributed by atoms with van der Waals surface area (Å²) in [5.74, 6) is 1.32. The number of nitrogens with zero attached hydrogens (tertiary/aromatic N) is 1. The van der Waals surface area contributed by atoms with E-state index in [1.54, 1.807) is 11.3 Å². The van der Waals surface area contributed by atoms with Crippen LogP contribution in [-0.4, -0.2) is 12.5 Å². The van der Waals surface area contributed by atoms with Crippen LogP contribution in [0.15, 0.2) is 51.2 Å². The number of halogens is 1. The molecule has 3 rings (SSSR count). The van der Waals surface area contributed by atoms with Crippen LogP contribution in [0.25, 0.3) is 11.0 Å². The number of aryl methyl sites for hydroxylation is 1. The fourth-order valence-electron chi connectivity index (χ4n) is 2.36. The van der Waals surface area contributed by atoms with Crippen molar-refractivity contribution in [2.75, 3.05) is 6.54 Å². The number of aliphatic imine (C=N–C) groups is 1. The molecule has 0 fully saturated rings. The minimum Gasteiger partial charge on any atom is -0.459 e. The van der Waals surface area contributed by atoms with Gasteiger partial charge in [0.2, 0.25) is 0 Å². The second kappa shape index (κ2) is 8.35. The van der Waals surface area contributed by atoms with Gasteiger partial charge in [0.05, 0.1) is 0 Å². The van der Waals surface area contributed by atoms with Gasteiger partial charge in [-0.05, 0) is 30.9 Å². The van der Waals surface area contributed by atoms with Crippen LogP contribution in [0, 0.1) is 6.92 Å². The molecule has 2 heterocycles. The number of nitrogens with one attached hydrogen (secondary N) is 1. The molecule has 1 aromatic carbocycles. The summed E-state index contributed by atoms with van der Waals surface area (Å²) >= 11 is 1.75. The Morgan fingerprint density at radius 3 is 2.83 bits per heavy atom. The molecule has 2 aromatic heterocycles. The van der Waals surface area contributed by atoms with Gasteiger partial charge in [-0.25, -0.2) is 4.99 Å². The van der Waals surface area contributed by atoms with Crippen LogP contribution in [0.5, 0.6) is 0 Å². The van der Waals surface area contributed by atoms with Crippen molar-refractivity contribution >= 4 is 52.2 Å². The van der Waals surface area contributed by atoms with Gasteiger partial charge in [0.25, 0.3) is 0 Å². The van der Waals surface area contributed by atoms with E-state index < -0.39 is 0 Å². The van der Waals surface area contributed by atoms with E-state index in [2.05, 4.69) is 40.8 Å². The van der Waals surface area contributed by atoms with E-state index in [4.69, 9.17) is 10.2 Å². The molecule has 0 spiro atoms. The maximum absolute atomic E-state index is 5.91. The predicted molar refractivity (Wildman–Crippen MR) is 108 cm³/mol. The zero-order valence-corrected chi connectivity index (χ0v) is 16.1. The molecule has 0 bridgehead atoms. The van der Waals surface area contributed by atoms with E-state index >= 15 is 0 Å². The highest BCUT2D eigenvalue weighted by molar-refractivity contribution is 14.0. The van der Waals surface area contributed by atoms with E-state index in [0.29, 0.717) is 12.5 Å². The Bertz CT molecular complexity index is 780. The number of benzene rings is 1. The Morgan fingerprint density at radius 2 is 2.09 bits per heavy atom. The summed E-state index contributed by atoms with van der Waals surface area (Å²) in [6, 6.07) is 12.2. The molecule has 122 valence electrons. The topological polar surface area (TPSA) is 63.5 Å². The summed E-state index contributed by atoms with van der Waals surface area (Å²) in [4.78, 5) is 5.70. The molecule has 0 aliphatic carbocycles. The van der Waals surface area contributed by atoms with Crippen LogP contribution in [0.1, 0.15) is 16.2 Å². The Kier molecular flexibility index (Phi) is 6.47. The van der Waals surface area contributed by atoms with E-state index in [9.17, 15) is 0 Å². The van der Waals surface area contributed by atoms with Crippen LogP contribution < -0.4 is 11.1 Å². The lowest BCUT2D eigenvalue weighted by atomic mass is 10.1. The van der Waals surface area contributed by atoms with Gasteiger partial charge < -0.3 is 15.5 Å².